The molecule has 0 unspecified atom stereocenters. The molecule has 23 heteroatoms. The average molecular weight is 1070 g/mol. The number of ether oxygens (including phenoxy) is 2. The first-order valence-corrected chi connectivity index (χ1v) is 27.7. The van der Waals surface area contributed by atoms with Crippen LogP contribution < -0.4 is 27.4 Å². The number of hydrogen-bond acceptors (Lipinski definition) is 14. The molecule has 0 bridgehead atoms. The van der Waals surface area contributed by atoms with Crippen LogP contribution in [-0.2, 0) is 71.5 Å². The van der Waals surface area contributed by atoms with E-state index in [0.29, 0.717) is 31.6 Å². The van der Waals surface area contributed by atoms with Gasteiger partial charge in [0.2, 0.25) is 29.5 Å². The summed E-state index contributed by atoms with van der Waals surface area (Å²) in [5, 5.41) is 8.23. The molecule has 1 aromatic carbocycles. The van der Waals surface area contributed by atoms with Crippen molar-refractivity contribution in [1.82, 2.24) is 30.4 Å². The zero-order valence-corrected chi connectivity index (χ0v) is 44.8. The molecule has 5 amide bonds. The molecule has 1 aliphatic heterocycles. The Bertz CT molecular complexity index is 2090. The number of nitrogens with zero attached hydrogens (tertiary/aromatic N) is 3. The lowest BCUT2D eigenvalue weighted by Crippen LogP contribution is -2.52. The summed E-state index contributed by atoms with van der Waals surface area (Å²) in [5.41, 5.74) is 13.1. The zero-order chi connectivity index (χ0) is 53.9. The standard InChI is InChI=1S/C50H81N8O13PS/c1-34(2)27-42(56-50(65)43-18-14-22-58(43)46(61)19-23-69-25-26-70-24-20-54-49(64)41(51)32-73)45(60)29-38(48(63)55-35(3)44(59)30-40(47(52)62)36(4)71-72(66,67)68)28-39-31-53-33-57(39)21-13-8-6-5-7-10-15-37-16-11-9-12-17-37/h9,11-12,16-17,31,33-36,38,40-43,73H,5-8,10,13-15,18-30,32,51H2,1-4H3,(H2,52,62)(H,54,64)(H,55,63)(H,56,65)(H2,66,67,68)/t35-,36+,38+,40-,41-,42-,43-/m0/s1. The zero-order valence-electron chi connectivity index (χ0n) is 43.0. The van der Waals surface area contributed by atoms with Crippen LogP contribution in [0.1, 0.15) is 116 Å². The minimum absolute atomic E-state index is 0.0166. The molecule has 0 radical (unpaired) electrons. The summed E-state index contributed by atoms with van der Waals surface area (Å²) >= 11 is 4.00. The smallest absolute Gasteiger partial charge is 0.379 e. The summed E-state index contributed by atoms with van der Waals surface area (Å²) in [5.74, 6) is -6.17. The highest BCUT2D eigenvalue weighted by atomic mass is 32.1. The number of aryl methyl sites for hydroxylation is 2. The van der Waals surface area contributed by atoms with Gasteiger partial charge >= 0.3 is 7.82 Å². The van der Waals surface area contributed by atoms with Crippen molar-refractivity contribution in [2.75, 3.05) is 45.3 Å². The van der Waals surface area contributed by atoms with Crippen molar-refractivity contribution in [2.24, 2.45) is 29.2 Å². The van der Waals surface area contributed by atoms with Gasteiger partial charge in [0.1, 0.15) is 6.04 Å². The Hall–Kier alpha value is -4.54. The Morgan fingerprint density at radius 1 is 0.877 bits per heavy atom. The molecule has 1 fully saturated rings. The summed E-state index contributed by atoms with van der Waals surface area (Å²) in [7, 11) is -5.04. The van der Waals surface area contributed by atoms with Crippen LogP contribution in [0.3, 0.4) is 0 Å². The number of nitrogens with one attached hydrogen (secondary N) is 3. The fourth-order valence-electron chi connectivity index (χ4n) is 8.60. The van der Waals surface area contributed by atoms with Crippen molar-refractivity contribution < 1.29 is 61.9 Å². The topological polar surface area (TPSA) is 314 Å². The number of imidazole rings is 1. The van der Waals surface area contributed by atoms with Crippen molar-refractivity contribution in [2.45, 2.75) is 154 Å². The molecule has 21 nitrogen and oxygen atoms in total. The summed E-state index contributed by atoms with van der Waals surface area (Å²) in [6.45, 7) is 8.41. The van der Waals surface area contributed by atoms with Gasteiger partial charge in [0.15, 0.2) is 11.6 Å². The van der Waals surface area contributed by atoms with Gasteiger partial charge in [0.25, 0.3) is 0 Å². The molecule has 9 N–H and O–H groups in total. The van der Waals surface area contributed by atoms with Gasteiger partial charge < -0.3 is 56.1 Å². The van der Waals surface area contributed by atoms with E-state index in [0.717, 1.165) is 44.9 Å². The number of Topliss-reactive ketones (excluding diaryl/α,β-unsaturated/α-hetero) is 2. The largest absolute Gasteiger partial charge is 0.469 e. The Morgan fingerprint density at radius 2 is 1.55 bits per heavy atom. The van der Waals surface area contributed by atoms with Gasteiger partial charge in [-0.25, -0.2) is 9.55 Å². The Labute approximate surface area is 435 Å². The van der Waals surface area contributed by atoms with Crippen molar-refractivity contribution in [3.8, 4) is 0 Å². The number of phosphoric acid groups is 1. The number of rotatable bonds is 38. The number of unbranched alkanes of at least 4 members (excludes halogenated alkanes) is 5. The third-order valence-corrected chi connectivity index (χ3v) is 13.7. The quantitative estimate of drug-likeness (QED) is 0.0272. The molecule has 0 spiro atoms. The van der Waals surface area contributed by atoms with Gasteiger partial charge in [-0.05, 0) is 63.9 Å². The van der Waals surface area contributed by atoms with E-state index >= 15 is 0 Å². The molecule has 0 saturated carbocycles. The molecular weight excluding hydrogens is 984 g/mol. The second kappa shape index (κ2) is 33.4. The van der Waals surface area contributed by atoms with Crippen molar-refractivity contribution in [1.29, 1.82) is 0 Å². The number of primary amides is 1. The number of thiol groups is 1. The van der Waals surface area contributed by atoms with Crippen molar-refractivity contribution in [3.63, 3.8) is 0 Å². The number of hydrogen-bond donors (Lipinski definition) is 8. The van der Waals surface area contributed by atoms with Gasteiger partial charge in [-0.15, -0.1) is 0 Å². The molecule has 410 valence electrons. The maximum atomic E-state index is 14.4. The van der Waals surface area contributed by atoms with Crippen LogP contribution in [-0.4, -0.2) is 141 Å². The molecule has 1 saturated heterocycles. The molecule has 2 aromatic rings. The Kier molecular flexibility index (Phi) is 28.7. The first kappa shape index (κ1) is 62.8. The van der Waals surface area contributed by atoms with E-state index in [9.17, 15) is 47.9 Å². The molecule has 3 rings (SSSR count). The fourth-order valence-corrected chi connectivity index (χ4v) is 9.35. The van der Waals surface area contributed by atoms with Gasteiger partial charge in [0, 0.05) is 56.5 Å². The van der Waals surface area contributed by atoms with Crippen LogP contribution in [0, 0.1) is 17.8 Å². The molecular formula is C50H81N8O13PS. The minimum Gasteiger partial charge on any atom is -0.379 e. The van der Waals surface area contributed by atoms with Crippen LogP contribution in [0.4, 0.5) is 0 Å². The Morgan fingerprint density at radius 3 is 2.21 bits per heavy atom. The van der Waals surface area contributed by atoms with E-state index in [1.165, 1.54) is 24.3 Å². The van der Waals surface area contributed by atoms with E-state index in [4.69, 9.17) is 20.9 Å². The SMILES string of the molecule is CC(C)C[C@H](NC(=O)[C@@H]1CCCN1C(=O)CCOCCOCCNC(=O)[C@@H](N)CS)C(=O)C[C@@H](Cc1cncn1CCCCCCCCc1ccccc1)C(=O)N[C@@H](C)C(=O)C[C@H](C(N)=O)[C@@H](C)OP(=O)(O)O. The van der Waals surface area contributed by atoms with Gasteiger partial charge in [-0.1, -0.05) is 69.9 Å². The first-order chi connectivity index (χ1) is 34.7. The van der Waals surface area contributed by atoms with Crippen LogP contribution in [0.2, 0.25) is 0 Å². The third-order valence-electron chi connectivity index (χ3n) is 12.7. The first-order valence-electron chi connectivity index (χ1n) is 25.5. The van der Waals surface area contributed by atoms with Crippen LogP contribution in [0.25, 0.3) is 0 Å². The second-order valence-corrected chi connectivity index (χ2v) is 20.8. The van der Waals surface area contributed by atoms with Gasteiger partial charge in [0.05, 0.1) is 75.2 Å². The molecule has 73 heavy (non-hydrogen) atoms. The average Bonchev–Trinajstić information content (AvgIpc) is 4.02. The number of carbonyl (C=O) groups excluding carboxylic acids is 7. The van der Waals surface area contributed by atoms with E-state index in [1.807, 2.05) is 24.5 Å². The number of ketones is 2. The highest BCUT2D eigenvalue weighted by Gasteiger charge is 2.38. The summed E-state index contributed by atoms with van der Waals surface area (Å²) in [6.07, 6.45) is 9.54. The lowest BCUT2D eigenvalue weighted by Gasteiger charge is -2.28. The number of phosphoric ester groups is 1. The number of benzene rings is 1. The second-order valence-electron chi connectivity index (χ2n) is 19.2. The van der Waals surface area contributed by atoms with Crippen LogP contribution in [0.5, 0.6) is 0 Å². The third kappa shape index (κ3) is 24.1. The number of likely N-dealkylation sites (tertiary alicyclic amines) is 1. The number of amides is 5. The van der Waals surface area contributed by atoms with Crippen LogP contribution in [0.15, 0.2) is 42.9 Å². The van der Waals surface area contributed by atoms with Crippen molar-refractivity contribution >= 4 is 61.6 Å². The number of nitrogens with two attached hydrogens (primary N) is 2. The van der Waals surface area contributed by atoms with Gasteiger partial charge in [-0.2, -0.15) is 12.6 Å². The predicted molar refractivity (Wildman–Crippen MR) is 277 cm³/mol. The van der Waals surface area contributed by atoms with E-state index in [2.05, 4.69) is 62.4 Å². The lowest BCUT2D eigenvalue weighted by molar-refractivity contribution is -0.140. The minimum atomic E-state index is -5.04. The highest BCUT2D eigenvalue weighted by Crippen LogP contribution is 2.39. The van der Waals surface area contributed by atoms with E-state index in [-0.39, 0.29) is 82.1 Å². The highest BCUT2D eigenvalue weighted by molar-refractivity contribution is 7.80. The van der Waals surface area contributed by atoms with Crippen LogP contribution >= 0.6 is 20.5 Å². The van der Waals surface area contributed by atoms with Gasteiger partial charge in [-0.3, -0.25) is 38.1 Å². The Balaban J connectivity index is 1.67. The molecule has 0 aliphatic carbocycles. The monoisotopic (exact) mass is 1060 g/mol. The summed E-state index contributed by atoms with van der Waals surface area (Å²) in [6, 6.07) is 6.65. The molecule has 2 heterocycles. The predicted octanol–water partition coefficient (Wildman–Crippen LogP) is 2.97. The lowest BCUT2D eigenvalue weighted by atomic mass is 9.89. The molecule has 1 aliphatic rings. The fraction of sp³-hybridized carbons (Fsp3) is 0.680. The van der Waals surface area contributed by atoms with E-state index < -0.39 is 85.6 Å². The maximum Gasteiger partial charge on any atom is 0.469 e. The number of carbonyl (C=O) groups is 7. The van der Waals surface area contributed by atoms with E-state index in [1.54, 1.807) is 12.5 Å². The van der Waals surface area contributed by atoms with Crippen molar-refractivity contribution in [3.05, 3.63) is 54.1 Å². The summed E-state index contributed by atoms with van der Waals surface area (Å²) < 4.78 is 29.1. The normalized spacial score (nSPS) is 16.3. The maximum absolute atomic E-state index is 14.4. The number of aromatic nitrogens is 2. The molecule has 7 atom stereocenters. The summed E-state index contributed by atoms with van der Waals surface area (Å²) in [4.78, 5) is 118. The molecule has 1 aromatic heterocycles.